The summed E-state index contributed by atoms with van der Waals surface area (Å²) in [5.41, 5.74) is 2.24. The van der Waals surface area contributed by atoms with Crippen LogP contribution in [0.5, 0.6) is 5.75 Å². The summed E-state index contributed by atoms with van der Waals surface area (Å²) < 4.78 is 41.5. The van der Waals surface area contributed by atoms with Crippen molar-refractivity contribution in [2.75, 3.05) is 0 Å². The number of ether oxygens (including phenoxy) is 1. The van der Waals surface area contributed by atoms with E-state index < -0.39 is 6.36 Å². The molecule has 0 aliphatic heterocycles. The van der Waals surface area contributed by atoms with Crippen LogP contribution in [0.1, 0.15) is 0 Å². The van der Waals surface area contributed by atoms with Crippen molar-refractivity contribution < 1.29 is 17.9 Å². The van der Waals surface area contributed by atoms with Gasteiger partial charge < -0.3 is 4.74 Å². The molecule has 108 valence electrons. The van der Waals surface area contributed by atoms with Gasteiger partial charge >= 0.3 is 6.36 Å². The van der Waals surface area contributed by atoms with Gasteiger partial charge in [-0.25, -0.2) is 4.68 Å². The van der Waals surface area contributed by atoms with E-state index in [1.807, 2.05) is 16.8 Å². The molecule has 21 heavy (non-hydrogen) atoms. The van der Waals surface area contributed by atoms with Gasteiger partial charge in [0.25, 0.3) is 0 Å². The Hall–Kier alpha value is -2.35. The summed E-state index contributed by atoms with van der Waals surface area (Å²) in [4.78, 5) is 0. The molecule has 4 nitrogen and oxygen atoms in total. The van der Waals surface area contributed by atoms with Crippen LogP contribution in [0.15, 0.2) is 47.3 Å². The minimum absolute atomic E-state index is 0.274. The number of hydrogen-bond acceptors (Lipinski definition) is 4. The lowest BCUT2D eigenvalue weighted by Gasteiger charge is -2.08. The van der Waals surface area contributed by atoms with E-state index in [0.29, 0.717) is 11.4 Å². The number of alkyl halides is 3. The van der Waals surface area contributed by atoms with E-state index in [1.54, 1.807) is 17.5 Å². The minimum Gasteiger partial charge on any atom is -0.406 e. The molecule has 3 rings (SSSR count). The monoisotopic (exact) mass is 311 g/mol. The zero-order valence-corrected chi connectivity index (χ0v) is 11.2. The van der Waals surface area contributed by atoms with Gasteiger partial charge in [0.05, 0.1) is 11.9 Å². The summed E-state index contributed by atoms with van der Waals surface area (Å²) >= 11 is 1.55. The predicted octanol–water partition coefficient (Wildman–Crippen LogP) is 3.89. The average molecular weight is 311 g/mol. The number of nitrogens with zero attached hydrogens (tertiary/aromatic N) is 3. The summed E-state index contributed by atoms with van der Waals surface area (Å²) in [5.74, 6) is -0.274. The number of aromatic nitrogens is 3. The van der Waals surface area contributed by atoms with Crippen molar-refractivity contribution in [1.82, 2.24) is 15.0 Å². The third-order valence-electron chi connectivity index (χ3n) is 2.65. The molecule has 0 N–H and O–H groups in total. The second-order valence-electron chi connectivity index (χ2n) is 4.10. The van der Waals surface area contributed by atoms with Crippen LogP contribution < -0.4 is 4.74 Å². The van der Waals surface area contributed by atoms with Crippen LogP contribution in [-0.4, -0.2) is 21.4 Å². The molecule has 0 amide bonds. The fourth-order valence-electron chi connectivity index (χ4n) is 1.73. The van der Waals surface area contributed by atoms with Crippen LogP contribution in [0.4, 0.5) is 13.2 Å². The SMILES string of the molecule is FC(F)(F)Oc1ccc(-n2cc(-c3ccsc3)nn2)cc1. The maximum Gasteiger partial charge on any atom is 0.573 e. The van der Waals surface area contributed by atoms with Gasteiger partial charge in [0, 0.05) is 10.9 Å². The van der Waals surface area contributed by atoms with Gasteiger partial charge in [-0.05, 0) is 35.7 Å². The lowest BCUT2D eigenvalue weighted by atomic mass is 10.2. The van der Waals surface area contributed by atoms with Crippen molar-refractivity contribution in [3.05, 3.63) is 47.3 Å². The maximum atomic E-state index is 12.1. The molecule has 8 heteroatoms. The van der Waals surface area contributed by atoms with Crippen molar-refractivity contribution in [2.45, 2.75) is 6.36 Å². The van der Waals surface area contributed by atoms with Crippen LogP contribution in [0.2, 0.25) is 0 Å². The van der Waals surface area contributed by atoms with E-state index in [9.17, 15) is 13.2 Å². The second kappa shape index (κ2) is 5.21. The summed E-state index contributed by atoms with van der Waals surface area (Å²) in [7, 11) is 0. The molecule has 0 aliphatic carbocycles. The Morgan fingerprint density at radius 2 is 1.86 bits per heavy atom. The Labute approximate surface area is 121 Å². The van der Waals surface area contributed by atoms with Crippen LogP contribution >= 0.6 is 11.3 Å². The number of hydrogen-bond donors (Lipinski definition) is 0. The fourth-order valence-corrected chi connectivity index (χ4v) is 2.38. The van der Waals surface area contributed by atoms with Gasteiger partial charge in [0.1, 0.15) is 11.4 Å². The summed E-state index contributed by atoms with van der Waals surface area (Å²) in [6, 6.07) is 7.34. The average Bonchev–Trinajstić information content (AvgIpc) is 3.09. The van der Waals surface area contributed by atoms with Crippen molar-refractivity contribution >= 4 is 11.3 Å². The highest BCUT2D eigenvalue weighted by molar-refractivity contribution is 7.08. The summed E-state index contributed by atoms with van der Waals surface area (Å²) in [6.45, 7) is 0. The van der Waals surface area contributed by atoms with Gasteiger partial charge in [-0.2, -0.15) is 11.3 Å². The molecule has 1 aromatic carbocycles. The Morgan fingerprint density at radius 3 is 2.48 bits per heavy atom. The van der Waals surface area contributed by atoms with Crippen molar-refractivity contribution in [3.8, 4) is 22.7 Å². The molecule has 2 heterocycles. The van der Waals surface area contributed by atoms with Crippen molar-refractivity contribution in [3.63, 3.8) is 0 Å². The van der Waals surface area contributed by atoms with Crippen molar-refractivity contribution in [1.29, 1.82) is 0 Å². The molecule has 0 saturated carbocycles. The standard InChI is InChI=1S/C13H8F3N3OS/c14-13(15,16)20-11-3-1-10(2-4-11)19-7-12(17-18-19)9-5-6-21-8-9/h1-8H. The topological polar surface area (TPSA) is 39.9 Å². The number of rotatable bonds is 3. The molecule has 0 atom stereocenters. The molecule has 0 aliphatic rings. The van der Waals surface area contributed by atoms with Crippen LogP contribution in [-0.2, 0) is 0 Å². The number of thiophene rings is 1. The van der Waals surface area contributed by atoms with E-state index in [-0.39, 0.29) is 5.75 Å². The third kappa shape index (κ3) is 3.22. The van der Waals surface area contributed by atoms with Gasteiger partial charge in [-0.15, -0.1) is 18.3 Å². The van der Waals surface area contributed by atoms with Gasteiger partial charge in [0.2, 0.25) is 0 Å². The Kier molecular flexibility index (Phi) is 3.38. The zero-order valence-electron chi connectivity index (χ0n) is 10.4. The van der Waals surface area contributed by atoms with E-state index >= 15 is 0 Å². The maximum absolute atomic E-state index is 12.1. The summed E-state index contributed by atoms with van der Waals surface area (Å²) in [5, 5.41) is 11.8. The quantitative estimate of drug-likeness (QED) is 0.736. The molecule has 0 fully saturated rings. The molecule has 0 bridgehead atoms. The molecule has 3 aromatic rings. The highest BCUT2D eigenvalue weighted by Gasteiger charge is 2.30. The minimum atomic E-state index is -4.69. The van der Waals surface area contributed by atoms with E-state index in [0.717, 1.165) is 5.56 Å². The van der Waals surface area contributed by atoms with Gasteiger partial charge in [0.15, 0.2) is 0 Å². The Bertz CT molecular complexity index is 720. The van der Waals surface area contributed by atoms with Crippen LogP contribution in [0, 0.1) is 0 Å². The smallest absolute Gasteiger partial charge is 0.406 e. The lowest BCUT2D eigenvalue weighted by molar-refractivity contribution is -0.274. The normalized spacial score (nSPS) is 11.6. The Morgan fingerprint density at radius 1 is 1.10 bits per heavy atom. The van der Waals surface area contributed by atoms with Crippen LogP contribution in [0.3, 0.4) is 0 Å². The molecular formula is C13H8F3N3OS. The first-order chi connectivity index (χ1) is 10.0. The zero-order chi connectivity index (χ0) is 14.9. The number of halogens is 3. The predicted molar refractivity (Wildman–Crippen MR) is 71.4 cm³/mol. The fraction of sp³-hybridized carbons (Fsp3) is 0.0769. The summed E-state index contributed by atoms with van der Waals surface area (Å²) in [6.07, 6.45) is -2.98. The van der Waals surface area contributed by atoms with Gasteiger partial charge in [-0.3, -0.25) is 0 Å². The molecule has 0 saturated heterocycles. The van der Waals surface area contributed by atoms with E-state index in [2.05, 4.69) is 15.0 Å². The molecule has 0 spiro atoms. The molecule has 2 aromatic heterocycles. The molecule has 0 unspecified atom stereocenters. The first kappa shape index (κ1) is 13.6. The second-order valence-corrected chi connectivity index (χ2v) is 4.88. The highest BCUT2D eigenvalue weighted by atomic mass is 32.1. The highest BCUT2D eigenvalue weighted by Crippen LogP contribution is 2.24. The third-order valence-corrected chi connectivity index (χ3v) is 3.33. The van der Waals surface area contributed by atoms with E-state index in [1.165, 1.54) is 28.9 Å². The van der Waals surface area contributed by atoms with E-state index in [4.69, 9.17) is 0 Å². The largest absolute Gasteiger partial charge is 0.573 e. The van der Waals surface area contributed by atoms with Gasteiger partial charge in [-0.1, -0.05) is 5.21 Å². The molecule has 0 radical (unpaired) electrons. The van der Waals surface area contributed by atoms with Crippen LogP contribution in [0.25, 0.3) is 16.9 Å². The first-order valence-electron chi connectivity index (χ1n) is 5.82. The lowest BCUT2D eigenvalue weighted by Crippen LogP contribution is -2.17. The van der Waals surface area contributed by atoms with Crippen molar-refractivity contribution in [2.24, 2.45) is 0 Å². The first-order valence-corrected chi connectivity index (χ1v) is 6.77. The number of benzene rings is 1. The molecular weight excluding hydrogens is 303 g/mol. The Balaban J connectivity index is 1.81.